The first-order chi connectivity index (χ1) is 10.0. The van der Waals surface area contributed by atoms with Crippen LogP contribution in [0.1, 0.15) is 0 Å². The van der Waals surface area contributed by atoms with E-state index in [-0.39, 0.29) is 17.3 Å². The second-order valence-electron chi connectivity index (χ2n) is 4.27. The van der Waals surface area contributed by atoms with E-state index in [2.05, 4.69) is 0 Å². The molecule has 0 heterocycles. The molecule has 0 fully saturated rings. The molecule has 0 radical (unpaired) electrons. The van der Waals surface area contributed by atoms with Gasteiger partial charge in [0.15, 0.2) is 9.84 Å². The van der Waals surface area contributed by atoms with Gasteiger partial charge in [-0.3, -0.25) is 0 Å². The number of rotatable bonds is 6. The Bertz CT molecular complexity index is 696. The van der Waals surface area contributed by atoms with Crippen molar-refractivity contribution in [2.45, 2.75) is 4.90 Å². The Kier molecular flexibility index (Phi) is 4.80. The minimum absolute atomic E-state index is 0.0526. The van der Waals surface area contributed by atoms with E-state index >= 15 is 0 Å². The molecule has 21 heavy (non-hydrogen) atoms. The maximum Gasteiger partial charge on any atom is 0.184 e. The number of ether oxygens (including phenoxy) is 2. The van der Waals surface area contributed by atoms with Gasteiger partial charge in [0.1, 0.15) is 28.8 Å². The summed E-state index contributed by atoms with van der Waals surface area (Å²) in [5.74, 6) is 0.169. The molecule has 0 N–H and O–H groups in total. The molecule has 0 amide bonds. The van der Waals surface area contributed by atoms with Crippen LogP contribution in [0.15, 0.2) is 53.4 Å². The molecule has 0 aliphatic rings. The Labute approximate surface area is 123 Å². The standard InChI is InChI=1S/C15H15FO4S/c1-19-12-6-8-13(9-7-12)20-10-11-21(17,18)15-5-3-2-4-14(15)16/h2-9H,10-11H2,1H3. The molecule has 0 aliphatic heterocycles. The molecular weight excluding hydrogens is 295 g/mol. The minimum atomic E-state index is -3.70. The lowest BCUT2D eigenvalue weighted by Crippen LogP contribution is -2.15. The number of sulfone groups is 1. The number of halogens is 1. The SMILES string of the molecule is COc1ccc(OCCS(=O)(=O)c2ccccc2F)cc1. The summed E-state index contributed by atoms with van der Waals surface area (Å²) >= 11 is 0. The number of methoxy groups -OCH3 is 1. The van der Waals surface area contributed by atoms with Gasteiger partial charge in [-0.2, -0.15) is 0 Å². The maximum atomic E-state index is 13.5. The lowest BCUT2D eigenvalue weighted by molar-refractivity contribution is 0.339. The smallest absolute Gasteiger partial charge is 0.184 e. The van der Waals surface area contributed by atoms with Crippen LogP contribution in [0.5, 0.6) is 11.5 Å². The molecule has 0 saturated heterocycles. The molecule has 0 aromatic heterocycles. The normalized spacial score (nSPS) is 11.1. The van der Waals surface area contributed by atoms with Crippen LogP contribution >= 0.6 is 0 Å². The molecule has 112 valence electrons. The fourth-order valence-electron chi connectivity index (χ4n) is 1.75. The predicted octanol–water partition coefficient (Wildman–Crippen LogP) is 2.69. The van der Waals surface area contributed by atoms with Crippen LogP contribution in [0.4, 0.5) is 4.39 Å². The van der Waals surface area contributed by atoms with Crippen molar-refractivity contribution in [2.75, 3.05) is 19.5 Å². The topological polar surface area (TPSA) is 52.6 Å². The van der Waals surface area contributed by atoms with Gasteiger partial charge in [0.05, 0.1) is 12.9 Å². The Hall–Kier alpha value is -2.08. The van der Waals surface area contributed by atoms with Crippen molar-refractivity contribution < 1.29 is 22.3 Å². The summed E-state index contributed by atoms with van der Waals surface area (Å²) in [6.07, 6.45) is 0. The van der Waals surface area contributed by atoms with Crippen molar-refractivity contribution in [1.82, 2.24) is 0 Å². The van der Waals surface area contributed by atoms with Crippen LogP contribution in [0.2, 0.25) is 0 Å². The average molecular weight is 310 g/mol. The molecule has 0 bridgehead atoms. The summed E-state index contributed by atoms with van der Waals surface area (Å²) in [5, 5.41) is 0. The zero-order chi connectivity index (χ0) is 15.3. The number of hydrogen-bond donors (Lipinski definition) is 0. The molecule has 6 heteroatoms. The van der Waals surface area contributed by atoms with Crippen LogP contribution < -0.4 is 9.47 Å². The molecular formula is C15H15FO4S. The van der Waals surface area contributed by atoms with Gasteiger partial charge in [0.2, 0.25) is 0 Å². The van der Waals surface area contributed by atoms with Crippen LogP contribution in [-0.2, 0) is 9.84 Å². The Morgan fingerprint density at radius 1 is 1.00 bits per heavy atom. The van der Waals surface area contributed by atoms with Crippen molar-refractivity contribution >= 4 is 9.84 Å². The summed E-state index contributed by atoms with van der Waals surface area (Å²) in [5.41, 5.74) is 0. The van der Waals surface area contributed by atoms with Gasteiger partial charge in [-0.15, -0.1) is 0 Å². The van der Waals surface area contributed by atoms with Crippen LogP contribution in [0, 0.1) is 5.82 Å². The highest BCUT2D eigenvalue weighted by molar-refractivity contribution is 7.91. The average Bonchev–Trinajstić information content (AvgIpc) is 2.48. The number of hydrogen-bond acceptors (Lipinski definition) is 4. The van der Waals surface area contributed by atoms with Gasteiger partial charge < -0.3 is 9.47 Å². The largest absolute Gasteiger partial charge is 0.497 e. The van der Waals surface area contributed by atoms with Crippen molar-refractivity contribution in [3.05, 3.63) is 54.3 Å². The Morgan fingerprint density at radius 3 is 2.24 bits per heavy atom. The van der Waals surface area contributed by atoms with Gasteiger partial charge in [0.25, 0.3) is 0 Å². The molecule has 2 rings (SSSR count). The molecule has 0 aliphatic carbocycles. The summed E-state index contributed by atoms with van der Waals surface area (Å²) in [6.45, 7) is -0.0526. The Balaban J connectivity index is 1.97. The van der Waals surface area contributed by atoms with E-state index in [9.17, 15) is 12.8 Å². The lowest BCUT2D eigenvalue weighted by atomic mass is 10.3. The molecule has 0 unspecified atom stereocenters. The van der Waals surface area contributed by atoms with Crippen molar-refractivity contribution in [2.24, 2.45) is 0 Å². The zero-order valence-electron chi connectivity index (χ0n) is 11.5. The third kappa shape index (κ3) is 3.95. The third-order valence-electron chi connectivity index (χ3n) is 2.85. The lowest BCUT2D eigenvalue weighted by Gasteiger charge is -2.08. The predicted molar refractivity (Wildman–Crippen MR) is 76.9 cm³/mol. The van der Waals surface area contributed by atoms with Crippen molar-refractivity contribution in [3.8, 4) is 11.5 Å². The maximum absolute atomic E-state index is 13.5. The van der Waals surface area contributed by atoms with Crippen LogP contribution in [0.25, 0.3) is 0 Å². The first-order valence-corrected chi connectivity index (χ1v) is 7.92. The quantitative estimate of drug-likeness (QED) is 0.823. The molecule has 0 saturated carbocycles. The van der Waals surface area contributed by atoms with Gasteiger partial charge >= 0.3 is 0 Å². The zero-order valence-corrected chi connectivity index (χ0v) is 12.3. The molecule has 4 nitrogen and oxygen atoms in total. The summed E-state index contributed by atoms with van der Waals surface area (Å²) in [6, 6.07) is 12.1. The second-order valence-corrected chi connectivity index (χ2v) is 6.35. The first kappa shape index (κ1) is 15.3. The summed E-state index contributed by atoms with van der Waals surface area (Å²) < 4.78 is 47.8. The van der Waals surface area contributed by atoms with Gasteiger partial charge in [0, 0.05) is 0 Å². The molecule has 2 aromatic rings. The number of benzene rings is 2. The van der Waals surface area contributed by atoms with Crippen LogP contribution in [0.3, 0.4) is 0 Å². The fraction of sp³-hybridized carbons (Fsp3) is 0.200. The van der Waals surface area contributed by atoms with Gasteiger partial charge in [-0.05, 0) is 36.4 Å². The highest BCUT2D eigenvalue weighted by Gasteiger charge is 2.18. The minimum Gasteiger partial charge on any atom is -0.497 e. The first-order valence-electron chi connectivity index (χ1n) is 6.27. The van der Waals surface area contributed by atoms with Crippen LogP contribution in [-0.4, -0.2) is 27.9 Å². The van der Waals surface area contributed by atoms with Crippen molar-refractivity contribution in [3.63, 3.8) is 0 Å². The molecule has 0 atom stereocenters. The molecule has 2 aromatic carbocycles. The van der Waals surface area contributed by atoms with E-state index in [0.29, 0.717) is 11.5 Å². The summed E-state index contributed by atoms with van der Waals surface area (Å²) in [7, 11) is -2.15. The van der Waals surface area contributed by atoms with Gasteiger partial charge in [-0.1, -0.05) is 12.1 Å². The Morgan fingerprint density at radius 2 is 1.62 bits per heavy atom. The van der Waals surface area contributed by atoms with Gasteiger partial charge in [-0.25, -0.2) is 12.8 Å². The van der Waals surface area contributed by atoms with E-state index in [1.807, 2.05) is 0 Å². The fourth-order valence-corrected chi connectivity index (χ4v) is 2.92. The highest BCUT2D eigenvalue weighted by atomic mass is 32.2. The van der Waals surface area contributed by atoms with E-state index in [0.717, 1.165) is 6.07 Å². The van der Waals surface area contributed by atoms with E-state index in [1.165, 1.54) is 18.2 Å². The third-order valence-corrected chi connectivity index (χ3v) is 4.56. The summed E-state index contributed by atoms with van der Waals surface area (Å²) in [4.78, 5) is -0.302. The van der Waals surface area contributed by atoms with Crippen molar-refractivity contribution in [1.29, 1.82) is 0 Å². The van der Waals surface area contributed by atoms with E-state index in [1.54, 1.807) is 31.4 Å². The highest BCUT2D eigenvalue weighted by Crippen LogP contribution is 2.18. The second kappa shape index (κ2) is 6.58. The van der Waals surface area contributed by atoms with E-state index in [4.69, 9.17) is 9.47 Å². The van der Waals surface area contributed by atoms with E-state index < -0.39 is 15.7 Å². The monoisotopic (exact) mass is 310 g/mol. The molecule has 0 spiro atoms.